The number of benzene rings is 2. The van der Waals surface area contributed by atoms with Crippen LogP contribution in [0, 0.1) is 0 Å². The van der Waals surface area contributed by atoms with E-state index in [4.69, 9.17) is 8.83 Å². The van der Waals surface area contributed by atoms with Crippen molar-refractivity contribution in [2.24, 2.45) is 0 Å². The standard InChI is InChI=1S/C14H6O8.Na/c15-5-1-3-7-8-4(14(20)22-11(7)9(5)17)2-6(16)10(18)12(8)21-13(3)19;/h1-2,15-18H;/q;+1. The molecule has 2 heterocycles. The minimum absolute atomic E-state index is 0. The topological polar surface area (TPSA) is 141 Å². The largest absolute Gasteiger partial charge is 1.00 e. The van der Waals surface area contributed by atoms with Gasteiger partial charge in [0.25, 0.3) is 0 Å². The molecule has 0 fully saturated rings. The molecule has 110 valence electrons. The van der Waals surface area contributed by atoms with Gasteiger partial charge in [0.15, 0.2) is 22.7 Å². The van der Waals surface area contributed by atoms with E-state index in [9.17, 15) is 30.0 Å². The van der Waals surface area contributed by atoms with Gasteiger partial charge in [-0.15, -0.1) is 0 Å². The number of phenols is 4. The van der Waals surface area contributed by atoms with Crippen LogP contribution in [-0.2, 0) is 0 Å². The van der Waals surface area contributed by atoms with Crippen LogP contribution < -0.4 is 40.8 Å². The van der Waals surface area contributed by atoms with E-state index in [0.717, 1.165) is 12.1 Å². The third-order valence-electron chi connectivity index (χ3n) is 3.55. The summed E-state index contributed by atoms with van der Waals surface area (Å²) in [4.78, 5) is 24.0. The van der Waals surface area contributed by atoms with E-state index in [1.54, 1.807) is 0 Å². The Labute approximate surface area is 147 Å². The Bertz CT molecular complexity index is 1110. The van der Waals surface area contributed by atoms with Crippen LogP contribution in [0.15, 0.2) is 30.6 Å². The summed E-state index contributed by atoms with van der Waals surface area (Å²) >= 11 is 0. The summed E-state index contributed by atoms with van der Waals surface area (Å²) in [7, 11) is 0. The summed E-state index contributed by atoms with van der Waals surface area (Å²) in [5, 5.41) is 38.7. The predicted molar refractivity (Wildman–Crippen MR) is 73.9 cm³/mol. The summed E-state index contributed by atoms with van der Waals surface area (Å²) in [6.07, 6.45) is 0. The van der Waals surface area contributed by atoms with Gasteiger partial charge in [-0.25, -0.2) is 9.59 Å². The maximum atomic E-state index is 12.0. The molecule has 4 rings (SSSR count). The molecule has 8 nitrogen and oxygen atoms in total. The molecule has 0 bridgehead atoms. The van der Waals surface area contributed by atoms with Crippen molar-refractivity contribution in [3.63, 3.8) is 0 Å². The number of hydrogen-bond donors (Lipinski definition) is 4. The van der Waals surface area contributed by atoms with Crippen molar-refractivity contribution in [2.45, 2.75) is 0 Å². The molecule has 0 atom stereocenters. The van der Waals surface area contributed by atoms with Gasteiger partial charge in [0.1, 0.15) is 0 Å². The normalized spacial score (nSPS) is 11.3. The van der Waals surface area contributed by atoms with Crippen molar-refractivity contribution in [2.75, 3.05) is 0 Å². The van der Waals surface area contributed by atoms with Gasteiger partial charge in [0.05, 0.1) is 10.8 Å². The average Bonchev–Trinajstić information content (AvgIpc) is 2.47. The number of rotatable bonds is 0. The van der Waals surface area contributed by atoms with Crippen molar-refractivity contribution < 1.29 is 58.8 Å². The fourth-order valence-corrected chi connectivity index (χ4v) is 2.58. The summed E-state index contributed by atoms with van der Waals surface area (Å²) in [6, 6.07) is 1.93. The van der Waals surface area contributed by atoms with Gasteiger partial charge in [-0.2, -0.15) is 0 Å². The van der Waals surface area contributed by atoms with E-state index in [0.29, 0.717) is 0 Å². The van der Waals surface area contributed by atoms with Crippen LogP contribution in [0.25, 0.3) is 32.7 Å². The zero-order valence-corrected chi connectivity index (χ0v) is 13.6. The Kier molecular flexibility index (Phi) is 3.22. The van der Waals surface area contributed by atoms with E-state index in [-0.39, 0.29) is 51.1 Å². The molecule has 0 unspecified atom stereocenters. The van der Waals surface area contributed by atoms with E-state index in [2.05, 4.69) is 0 Å². The maximum Gasteiger partial charge on any atom is 1.00 e. The van der Waals surface area contributed by atoms with Gasteiger partial charge < -0.3 is 29.3 Å². The Morgan fingerprint density at radius 1 is 0.696 bits per heavy atom. The molecule has 0 aliphatic rings. The number of phenolic OH excluding ortho intramolecular Hbond substituents is 4. The fraction of sp³-hybridized carbons (Fsp3) is 0. The van der Waals surface area contributed by atoms with E-state index < -0.39 is 45.4 Å². The first-order chi connectivity index (χ1) is 10.4. The second-order valence-electron chi connectivity index (χ2n) is 4.77. The van der Waals surface area contributed by atoms with Crippen LogP contribution in [-0.4, -0.2) is 20.4 Å². The number of hydrogen-bond acceptors (Lipinski definition) is 8. The third kappa shape index (κ3) is 1.83. The molecule has 9 heteroatoms. The van der Waals surface area contributed by atoms with Crippen molar-refractivity contribution in [1.82, 2.24) is 0 Å². The van der Waals surface area contributed by atoms with Crippen molar-refractivity contribution in [3.05, 3.63) is 33.0 Å². The first kappa shape index (κ1) is 15.5. The molecule has 0 aliphatic carbocycles. The first-order valence-corrected chi connectivity index (χ1v) is 6.02. The van der Waals surface area contributed by atoms with Gasteiger partial charge in [0.2, 0.25) is 11.5 Å². The summed E-state index contributed by atoms with van der Waals surface area (Å²) in [5.74, 6) is -2.75. The summed E-state index contributed by atoms with van der Waals surface area (Å²) in [5.41, 5.74) is -2.70. The average molecular weight is 325 g/mol. The van der Waals surface area contributed by atoms with Crippen LogP contribution in [0.2, 0.25) is 0 Å². The minimum atomic E-state index is -0.941. The Hall–Kier alpha value is -2.42. The molecule has 0 saturated heterocycles. The molecule has 4 N–H and O–H groups in total. The van der Waals surface area contributed by atoms with Crippen LogP contribution in [0.5, 0.6) is 23.0 Å². The SMILES string of the molecule is O=c1oc2c(O)c(O)cc3c(=O)oc4c(O)c(O)cc1c4c23.[Na+]. The maximum absolute atomic E-state index is 12.0. The van der Waals surface area contributed by atoms with E-state index in [1.807, 2.05) is 0 Å². The molecule has 2 aromatic heterocycles. The molecule has 0 saturated carbocycles. The zero-order valence-electron chi connectivity index (χ0n) is 11.6. The molecule has 0 aliphatic heterocycles. The van der Waals surface area contributed by atoms with Gasteiger partial charge in [-0.3, -0.25) is 0 Å². The van der Waals surface area contributed by atoms with Gasteiger partial charge >= 0.3 is 40.8 Å². The Morgan fingerprint density at radius 3 is 1.39 bits per heavy atom. The molecular formula is C14H6NaO8+. The molecule has 23 heavy (non-hydrogen) atoms. The fourth-order valence-electron chi connectivity index (χ4n) is 2.58. The summed E-state index contributed by atoms with van der Waals surface area (Å²) < 4.78 is 9.87. The predicted octanol–water partition coefficient (Wildman–Crippen LogP) is -1.68. The van der Waals surface area contributed by atoms with Gasteiger partial charge in [0, 0.05) is 10.8 Å². The van der Waals surface area contributed by atoms with Crippen LogP contribution in [0.1, 0.15) is 0 Å². The van der Waals surface area contributed by atoms with Crippen LogP contribution in [0.3, 0.4) is 0 Å². The monoisotopic (exact) mass is 325 g/mol. The zero-order chi connectivity index (χ0) is 15.8. The number of aromatic hydroxyl groups is 4. The van der Waals surface area contributed by atoms with Crippen molar-refractivity contribution in [3.8, 4) is 23.0 Å². The Balaban J connectivity index is 0.00000156. The molecule has 4 aromatic rings. The molecule has 0 spiro atoms. The molecule has 2 aromatic carbocycles. The van der Waals surface area contributed by atoms with Crippen molar-refractivity contribution >= 4 is 32.7 Å². The third-order valence-corrected chi connectivity index (χ3v) is 3.55. The second kappa shape index (κ2) is 4.79. The summed E-state index contributed by atoms with van der Waals surface area (Å²) in [6.45, 7) is 0. The molecule has 0 radical (unpaired) electrons. The van der Waals surface area contributed by atoms with Gasteiger partial charge in [-0.1, -0.05) is 0 Å². The van der Waals surface area contributed by atoms with Crippen molar-refractivity contribution in [1.29, 1.82) is 0 Å². The Morgan fingerprint density at radius 2 is 1.04 bits per heavy atom. The minimum Gasteiger partial charge on any atom is -0.504 e. The van der Waals surface area contributed by atoms with Gasteiger partial charge in [-0.05, 0) is 12.1 Å². The smallest absolute Gasteiger partial charge is 0.504 e. The second-order valence-corrected chi connectivity index (χ2v) is 4.77. The van der Waals surface area contributed by atoms with E-state index in [1.165, 1.54) is 0 Å². The van der Waals surface area contributed by atoms with E-state index >= 15 is 0 Å². The molecular weight excluding hydrogens is 319 g/mol. The first-order valence-electron chi connectivity index (χ1n) is 6.02. The van der Waals surface area contributed by atoms with Crippen LogP contribution in [0.4, 0.5) is 0 Å². The van der Waals surface area contributed by atoms with Crippen LogP contribution >= 0.6 is 0 Å². The quantitative estimate of drug-likeness (QED) is 0.130. The molecule has 0 amide bonds.